The third-order valence-electron chi connectivity index (χ3n) is 5.24. The van der Waals surface area contributed by atoms with E-state index in [-0.39, 0.29) is 17.3 Å². The fourth-order valence-corrected chi connectivity index (χ4v) is 3.51. The van der Waals surface area contributed by atoms with Crippen LogP contribution in [0.25, 0.3) is 0 Å². The molecule has 0 amide bonds. The maximum absolute atomic E-state index is 11.4. The van der Waals surface area contributed by atoms with E-state index in [1.165, 1.54) is 83.4 Å². The highest BCUT2D eigenvalue weighted by atomic mass is 16.6. The van der Waals surface area contributed by atoms with Crippen molar-refractivity contribution < 1.29 is 4.92 Å². The molecular formula is C23H41N5O2. The van der Waals surface area contributed by atoms with Crippen molar-refractivity contribution in [3.63, 3.8) is 0 Å². The van der Waals surface area contributed by atoms with Crippen LogP contribution in [0, 0.1) is 10.1 Å². The topological polar surface area (TPSA) is 93.0 Å². The molecule has 0 aliphatic carbocycles. The Labute approximate surface area is 182 Å². The molecule has 1 rings (SSSR count). The molecule has 2 N–H and O–H groups in total. The van der Waals surface area contributed by atoms with Crippen LogP contribution in [-0.2, 0) is 0 Å². The van der Waals surface area contributed by atoms with Gasteiger partial charge < -0.3 is 10.6 Å². The maximum atomic E-state index is 11.4. The number of hydrogen-bond acceptors (Lipinski definition) is 6. The highest BCUT2D eigenvalue weighted by Crippen LogP contribution is 2.28. The average molecular weight is 420 g/mol. The van der Waals surface area contributed by atoms with Crippen molar-refractivity contribution in [2.75, 3.05) is 23.7 Å². The van der Waals surface area contributed by atoms with Gasteiger partial charge in [-0.15, -0.1) is 6.58 Å². The Bertz CT molecular complexity index is 595. The zero-order chi connectivity index (χ0) is 21.9. The van der Waals surface area contributed by atoms with Gasteiger partial charge in [-0.1, -0.05) is 96.5 Å². The van der Waals surface area contributed by atoms with Gasteiger partial charge in [-0.25, -0.2) is 9.97 Å². The normalized spacial score (nSPS) is 10.7. The van der Waals surface area contributed by atoms with Crippen molar-refractivity contribution in [1.82, 2.24) is 9.97 Å². The predicted octanol–water partition coefficient (Wildman–Crippen LogP) is 6.88. The molecule has 0 saturated carbocycles. The van der Waals surface area contributed by atoms with Crippen molar-refractivity contribution in [3.8, 4) is 0 Å². The summed E-state index contributed by atoms with van der Waals surface area (Å²) in [7, 11) is 0. The molecule has 170 valence electrons. The lowest BCUT2D eigenvalue weighted by atomic mass is 10.0. The lowest BCUT2D eigenvalue weighted by molar-refractivity contribution is -0.383. The molecule has 0 saturated heterocycles. The first-order chi connectivity index (χ1) is 14.7. The van der Waals surface area contributed by atoms with Gasteiger partial charge in [0.2, 0.25) is 11.6 Å². The summed E-state index contributed by atoms with van der Waals surface area (Å²) in [6.07, 6.45) is 21.3. The van der Waals surface area contributed by atoms with Crippen LogP contribution >= 0.6 is 0 Å². The summed E-state index contributed by atoms with van der Waals surface area (Å²) in [5, 5.41) is 17.4. The smallest absolute Gasteiger partial charge is 0.353 e. The summed E-state index contributed by atoms with van der Waals surface area (Å²) in [6.45, 7) is 6.96. The number of hydrogen-bond donors (Lipinski definition) is 2. The molecule has 0 unspecified atom stereocenters. The van der Waals surface area contributed by atoms with Crippen LogP contribution < -0.4 is 10.6 Å². The van der Waals surface area contributed by atoms with E-state index in [2.05, 4.69) is 34.1 Å². The molecule has 0 fully saturated rings. The van der Waals surface area contributed by atoms with Crippen LogP contribution in [0.4, 0.5) is 17.3 Å². The molecule has 0 radical (unpaired) electrons. The first kappa shape index (κ1) is 25.9. The van der Waals surface area contributed by atoms with Gasteiger partial charge in [0.15, 0.2) is 0 Å². The molecule has 0 spiro atoms. The summed E-state index contributed by atoms with van der Waals surface area (Å²) >= 11 is 0. The monoisotopic (exact) mass is 419 g/mol. The standard InChI is InChI=1S/C23H41N5O2/c1-3-5-6-7-8-9-10-11-12-13-14-15-16-17-19-25-23-21(28(29)30)22(24-18-4-2)26-20-27-23/h4,20H,2-3,5-19H2,1H3,(H2,24,25,26,27). The Morgan fingerprint density at radius 2 is 1.33 bits per heavy atom. The zero-order valence-electron chi connectivity index (χ0n) is 18.8. The minimum Gasteiger partial charge on any atom is -0.364 e. The maximum Gasteiger partial charge on any atom is 0.353 e. The van der Waals surface area contributed by atoms with E-state index in [1.54, 1.807) is 6.08 Å². The predicted molar refractivity (Wildman–Crippen MR) is 126 cm³/mol. The quantitative estimate of drug-likeness (QED) is 0.104. The van der Waals surface area contributed by atoms with Crippen LogP contribution in [0.3, 0.4) is 0 Å². The van der Waals surface area contributed by atoms with Crippen LogP contribution in [0.1, 0.15) is 96.8 Å². The van der Waals surface area contributed by atoms with E-state index in [0.29, 0.717) is 13.1 Å². The number of anilines is 2. The van der Waals surface area contributed by atoms with Crippen molar-refractivity contribution in [1.29, 1.82) is 0 Å². The summed E-state index contributed by atoms with van der Waals surface area (Å²) in [6, 6.07) is 0. The van der Waals surface area contributed by atoms with Gasteiger partial charge in [-0.05, 0) is 6.42 Å². The minimum absolute atomic E-state index is 0.107. The molecule has 0 bridgehead atoms. The summed E-state index contributed by atoms with van der Waals surface area (Å²) in [5.41, 5.74) is -0.107. The van der Waals surface area contributed by atoms with Gasteiger partial charge in [0.1, 0.15) is 6.33 Å². The molecule has 1 aromatic rings. The number of nitrogens with one attached hydrogen (secondary N) is 2. The van der Waals surface area contributed by atoms with Gasteiger partial charge >= 0.3 is 5.69 Å². The second-order valence-electron chi connectivity index (χ2n) is 7.87. The second kappa shape index (κ2) is 17.7. The third-order valence-corrected chi connectivity index (χ3v) is 5.24. The lowest BCUT2D eigenvalue weighted by Gasteiger charge is -2.09. The number of unbranched alkanes of at least 4 members (excludes halogenated alkanes) is 13. The number of nitrogens with zero attached hydrogens (tertiary/aromatic N) is 3. The molecule has 0 aliphatic heterocycles. The Balaban J connectivity index is 2.08. The van der Waals surface area contributed by atoms with Gasteiger partial charge in [0.25, 0.3) is 0 Å². The minimum atomic E-state index is -0.445. The van der Waals surface area contributed by atoms with E-state index in [0.717, 1.165) is 12.8 Å². The largest absolute Gasteiger partial charge is 0.364 e. The number of rotatable bonds is 20. The zero-order valence-corrected chi connectivity index (χ0v) is 18.8. The first-order valence-electron chi connectivity index (χ1n) is 11.8. The van der Waals surface area contributed by atoms with E-state index in [1.807, 2.05) is 0 Å². The summed E-state index contributed by atoms with van der Waals surface area (Å²) < 4.78 is 0. The van der Waals surface area contributed by atoms with Gasteiger partial charge in [-0.2, -0.15) is 0 Å². The Hall–Kier alpha value is -2.18. The van der Waals surface area contributed by atoms with Crippen molar-refractivity contribution >= 4 is 17.3 Å². The molecule has 0 aromatic carbocycles. The highest BCUT2D eigenvalue weighted by Gasteiger charge is 2.22. The van der Waals surface area contributed by atoms with Crippen LogP contribution in [0.2, 0.25) is 0 Å². The Morgan fingerprint density at radius 3 is 1.80 bits per heavy atom. The van der Waals surface area contributed by atoms with Gasteiger partial charge in [0.05, 0.1) is 4.92 Å². The summed E-state index contributed by atoms with van der Waals surface area (Å²) in [5.74, 6) is 0.495. The van der Waals surface area contributed by atoms with Crippen molar-refractivity contribution in [2.45, 2.75) is 96.8 Å². The SMILES string of the molecule is C=CCNc1ncnc(NCCCCCCCCCCCCCCCC)c1[N+](=O)[O-]. The molecule has 7 heteroatoms. The number of aromatic nitrogens is 2. The highest BCUT2D eigenvalue weighted by molar-refractivity contribution is 5.69. The lowest BCUT2D eigenvalue weighted by Crippen LogP contribution is -2.10. The van der Waals surface area contributed by atoms with Crippen LogP contribution in [0.15, 0.2) is 19.0 Å². The fourth-order valence-electron chi connectivity index (χ4n) is 3.51. The fraction of sp³-hybridized carbons (Fsp3) is 0.739. The molecule has 1 aromatic heterocycles. The van der Waals surface area contributed by atoms with Crippen LogP contribution in [-0.4, -0.2) is 28.0 Å². The molecule has 0 atom stereocenters. The van der Waals surface area contributed by atoms with E-state index >= 15 is 0 Å². The van der Waals surface area contributed by atoms with Crippen molar-refractivity contribution in [3.05, 3.63) is 29.1 Å². The molecule has 0 aliphatic rings. The molecular weight excluding hydrogens is 378 g/mol. The van der Waals surface area contributed by atoms with Crippen molar-refractivity contribution in [2.24, 2.45) is 0 Å². The molecule has 1 heterocycles. The number of nitro groups is 1. The van der Waals surface area contributed by atoms with Gasteiger partial charge in [0, 0.05) is 13.1 Å². The van der Waals surface area contributed by atoms with E-state index in [4.69, 9.17) is 0 Å². The molecule has 7 nitrogen and oxygen atoms in total. The molecule has 30 heavy (non-hydrogen) atoms. The van der Waals surface area contributed by atoms with Gasteiger partial charge in [-0.3, -0.25) is 10.1 Å². The van der Waals surface area contributed by atoms with E-state index < -0.39 is 4.92 Å². The Morgan fingerprint density at radius 1 is 0.867 bits per heavy atom. The average Bonchev–Trinajstić information content (AvgIpc) is 2.74. The second-order valence-corrected chi connectivity index (χ2v) is 7.87. The van der Waals surface area contributed by atoms with E-state index in [9.17, 15) is 10.1 Å². The Kier molecular flexibility index (Phi) is 15.2. The van der Waals surface area contributed by atoms with Crippen LogP contribution in [0.5, 0.6) is 0 Å². The third kappa shape index (κ3) is 11.7. The first-order valence-corrected chi connectivity index (χ1v) is 11.8. The summed E-state index contributed by atoms with van der Waals surface area (Å²) in [4.78, 5) is 19.0.